The third kappa shape index (κ3) is 2.66. The number of hydrogen-bond donors (Lipinski definition) is 3. The van der Waals surface area contributed by atoms with Crippen LogP contribution in [0, 0.1) is 52.8 Å². The van der Waals surface area contributed by atoms with Crippen LogP contribution in [0.4, 0.5) is 0 Å². The van der Waals surface area contributed by atoms with Crippen molar-refractivity contribution in [3.63, 3.8) is 0 Å². The highest BCUT2D eigenvalue weighted by Crippen LogP contribution is 2.65. The van der Waals surface area contributed by atoms with Gasteiger partial charge in [0, 0.05) is 0 Å². The molecule has 148 valence electrons. The van der Waals surface area contributed by atoms with Gasteiger partial charge in [0.15, 0.2) is 0 Å². The molecule has 4 aliphatic carbocycles. The van der Waals surface area contributed by atoms with Crippen molar-refractivity contribution in [3.05, 3.63) is 0 Å². The first-order valence-corrected chi connectivity index (χ1v) is 10.8. The second kappa shape index (κ2) is 6.48. The molecular weight excluding hydrogens is 328 g/mol. The summed E-state index contributed by atoms with van der Waals surface area (Å²) in [5.74, 6) is 2.07. The smallest absolute Gasteiger partial charge is 0.306 e. The molecule has 4 saturated carbocycles. The predicted molar refractivity (Wildman–Crippen MR) is 99.3 cm³/mol. The van der Waals surface area contributed by atoms with Gasteiger partial charge in [-0.25, -0.2) is 0 Å². The molecule has 0 aromatic heterocycles. The standard InChI is InChI=1S/C22H36O4/c1-11-8-17-20(16-5-4-15(19(11)16)12(2)21(25)26)18(24)10-13-9-14(23)6-7-22(13,17)3/h11-20,23-24H,4-10H2,1-3H3,(H,25,26)/t11-,12+,13+,14-,15+,16-,17+,18-,19-,20+,22+/m1/s1. The molecule has 4 fully saturated rings. The fourth-order valence-corrected chi connectivity index (χ4v) is 8.12. The molecule has 0 aliphatic heterocycles. The van der Waals surface area contributed by atoms with E-state index in [0.29, 0.717) is 35.5 Å². The first-order chi connectivity index (χ1) is 12.2. The van der Waals surface area contributed by atoms with Crippen LogP contribution >= 0.6 is 0 Å². The van der Waals surface area contributed by atoms with Gasteiger partial charge in [-0.3, -0.25) is 4.79 Å². The van der Waals surface area contributed by atoms with E-state index in [4.69, 9.17) is 0 Å². The molecule has 4 aliphatic rings. The fourth-order valence-electron chi connectivity index (χ4n) is 8.12. The van der Waals surface area contributed by atoms with Gasteiger partial charge in [0.25, 0.3) is 0 Å². The lowest BCUT2D eigenvalue weighted by atomic mass is 9.44. The van der Waals surface area contributed by atoms with Gasteiger partial charge >= 0.3 is 5.97 Å². The zero-order valence-electron chi connectivity index (χ0n) is 16.5. The Morgan fingerprint density at radius 3 is 2.50 bits per heavy atom. The lowest BCUT2D eigenvalue weighted by Gasteiger charge is -2.61. The van der Waals surface area contributed by atoms with Crippen LogP contribution in [0.1, 0.15) is 65.7 Å². The molecule has 4 nitrogen and oxygen atoms in total. The van der Waals surface area contributed by atoms with E-state index in [-0.39, 0.29) is 29.5 Å². The van der Waals surface area contributed by atoms with Gasteiger partial charge in [0.1, 0.15) is 0 Å². The van der Waals surface area contributed by atoms with Crippen molar-refractivity contribution in [2.75, 3.05) is 0 Å². The van der Waals surface area contributed by atoms with Crippen molar-refractivity contribution in [2.45, 2.75) is 77.9 Å². The van der Waals surface area contributed by atoms with E-state index in [9.17, 15) is 20.1 Å². The van der Waals surface area contributed by atoms with Gasteiger partial charge in [0.05, 0.1) is 18.1 Å². The summed E-state index contributed by atoms with van der Waals surface area (Å²) in [4.78, 5) is 11.6. The minimum Gasteiger partial charge on any atom is -0.481 e. The summed E-state index contributed by atoms with van der Waals surface area (Å²) in [6.07, 6.45) is 6.37. The van der Waals surface area contributed by atoms with Crippen LogP contribution in [0.2, 0.25) is 0 Å². The Bertz CT molecular complexity index is 562. The van der Waals surface area contributed by atoms with Crippen LogP contribution in [0.25, 0.3) is 0 Å². The first kappa shape index (κ1) is 18.7. The largest absolute Gasteiger partial charge is 0.481 e. The Morgan fingerprint density at radius 1 is 1.08 bits per heavy atom. The highest BCUT2D eigenvalue weighted by atomic mass is 16.4. The van der Waals surface area contributed by atoms with Crippen molar-refractivity contribution in [2.24, 2.45) is 52.8 Å². The van der Waals surface area contributed by atoms with Crippen LogP contribution in [0.15, 0.2) is 0 Å². The molecule has 0 aromatic carbocycles. The van der Waals surface area contributed by atoms with E-state index in [2.05, 4.69) is 13.8 Å². The maximum absolute atomic E-state index is 11.6. The molecule has 0 heterocycles. The van der Waals surface area contributed by atoms with Crippen LogP contribution in [0.3, 0.4) is 0 Å². The average molecular weight is 365 g/mol. The van der Waals surface area contributed by atoms with Crippen LogP contribution in [0.5, 0.6) is 0 Å². The molecule has 11 atom stereocenters. The molecule has 4 heteroatoms. The molecule has 0 bridgehead atoms. The molecule has 3 N–H and O–H groups in total. The SMILES string of the molecule is C[C@@H]1C[C@H]2[C@H]([C@@H]3CC[C@@H]([C@H](C)C(=O)O)[C@H]31)[C@H](O)C[C@@H]1C[C@H](O)CC[C@@]12C. The number of aliphatic hydroxyl groups excluding tert-OH is 2. The summed E-state index contributed by atoms with van der Waals surface area (Å²) in [5.41, 5.74) is 0.235. The zero-order valence-corrected chi connectivity index (χ0v) is 16.5. The first-order valence-electron chi connectivity index (χ1n) is 10.8. The van der Waals surface area contributed by atoms with Gasteiger partial charge in [-0.2, -0.15) is 0 Å². The molecule has 0 saturated heterocycles. The summed E-state index contributed by atoms with van der Waals surface area (Å²) >= 11 is 0. The number of carboxylic acids is 1. The van der Waals surface area contributed by atoms with Crippen LogP contribution < -0.4 is 0 Å². The average Bonchev–Trinajstić information content (AvgIpc) is 3.01. The number of aliphatic carboxylic acids is 1. The monoisotopic (exact) mass is 364 g/mol. The number of aliphatic hydroxyl groups is 2. The van der Waals surface area contributed by atoms with E-state index in [0.717, 1.165) is 44.9 Å². The third-order valence-electron chi connectivity index (χ3n) is 9.42. The second-order valence-corrected chi connectivity index (χ2v) is 10.4. The van der Waals surface area contributed by atoms with E-state index < -0.39 is 5.97 Å². The summed E-state index contributed by atoms with van der Waals surface area (Å²) < 4.78 is 0. The van der Waals surface area contributed by atoms with Gasteiger partial charge in [-0.05, 0) is 91.8 Å². The lowest BCUT2D eigenvalue weighted by molar-refractivity contribution is -0.170. The quantitative estimate of drug-likeness (QED) is 0.700. The van der Waals surface area contributed by atoms with Crippen LogP contribution in [-0.2, 0) is 4.79 Å². The molecule has 0 unspecified atom stereocenters. The maximum atomic E-state index is 11.6. The summed E-state index contributed by atoms with van der Waals surface area (Å²) in [6, 6.07) is 0. The number of carboxylic acid groups (broad SMARTS) is 1. The van der Waals surface area contributed by atoms with E-state index in [1.165, 1.54) is 0 Å². The zero-order chi connectivity index (χ0) is 18.8. The topological polar surface area (TPSA) is 77.8 Å². The highest BCUT2D eigenvalue weighted by molar-refractivity contribution is 5.70. The molecule has 0 radical (unpaired) electrons. The normalized spacial score (nSPS) is 54.7. The Morgan fingerprint density at radius 2 is 1.81 bits per heavy atom. The van der Waals surface area contributed by atoms with Gasteiger partial charge in [0.2, 0.25) is 0 Å². The number of hydrogen-bond acceptors (Lipinski definition) is 3. The second-order valence-electron chi connectivity index (χ2n) is 10.4. The molecule has 26 heavy (non-hydrogen) atoms. The summed E-state index contributed by atoms with van der Waals surface area (Å²) in [6.45, 7) is 6.63. The van der Waals surface area contributed by atoms with Crippen molar-refractivity contribution in [1.29, 1.82) is 0 Å². The van der Waals surface area contributed by atoms with Gasteiger partial charge in [-0.1, -0.05) is 20.8 Å². The van der Waals surface area contributed by atoms with E-state index in [1.54, 1.807) is 0 Å². The molecular formula is C22H36O4. The van der Waals surface area contributed by atoms with E-state index >= 15 is 0 Å². The Labute approximate surface area is 157 Å². The fraction of sp³-hybridized carbons (Fsp3) is 0.955. The number of fused-ring (bicyclic) bond motifs is 5. The minimum atomic E-state index is -0.664. The lowest BCUT2D eigenvalue weighted by Crippen LogP contribution is -2.58. The Hall–Kier alpha value is -0.610. The van der Waals surface area contributed by atoms with Crippen molar-refractivity contribution < 1.29 is 20.1 Å². The maximum Gasteiger partial charge on any atom is 0.306 e. The third-order valence-corrected chi connectivity index (χ3v) is 9.42. The Kier molecular flexibility index (Phi) is 4.67. The molecule has 4 rings (SSSR count). The highest BCUT2D eigenvalue weighted by Gasteiger charge is 2.61. The van der Waals surface area contributed by atoms with E-state index in [1.807, 2.05) is 6.92 Å². The summed E-state index contributed by atoms with van der Waals surface area (Å²) in [5, 5.41) is 30.8. The van der Waals surface area contributed by atoms with Gasteiger partial charge in [-0.15, -0.1) is 0 Å². The summed E-state index contributed by atoms with van der Waals surface area (Å²) in [7, 11) is 0. The molecule has 0 aromatic rings. The predicted octanol–water partition coefficient (Wildman–Crippen LogP) is 3.55. The van der Waals surface area contributed by atoms with Crippen molar-refractivity contribution in [3.8, 4) is 0 Å². The van der Waals surface area contributed by atoms with Crippen LogP contribution in [-0.4, -0.2) is 33.5 Å². The number of carbonyl (C=O) groups is 1. The molecule has 0 spiro atoms. The number of rotatable bonds is 2. The van der Waals surface area contributed by atoms with Gasteiger partial charge < -0.3 is 15.3 Å². The Balaban J connectivity index is 1.63. The van der Waals surface area contributed by atoms with Crippen molar-refractivity contribution in [1.82, 2.24) is 0 Å². The minimum absolute atomic E-state index is 0.196. The molecule has 0 amide bonds. The van der Waals surface area contributed by atoms with Crippen molar-refractivity contribution >= 4 is 5.97 Å².